The van der Waals surface area contributed by atoms with E-state index in [1.165, 1.54) is 6.26 Å². The molecule has 1 aliphatic rings. The number of aryl methyl sites for hydroxylation is 1. The number of anilines is 1. The molecule has 8 nitrogen and oxygen atoms in total. The molecule has 2 amide bonds. The van der Waals surface area contributed by atoms with E-state index in [9.17, 15) is 14.4 Å². The number of carbonyl (C=O) groups is 3. The van der Waals surface area contributed by atoms with E-state index in [4.69, 9.17) is 14.3 Å². The second-order valence-corrected chi connectivity index (χ2v) is 6.64. The maximum atomic E-state index is 12.9. The third-order valence-corrected chi connectivity index (χ3v) is 4.62. The summed E-state index contributed by atoms with van der Waals surface area (Å²) in [5.41, 5.74) is 1.32. The number of carboxylic acids is 1. The zero-order valence-electron chi connectivity index (χ0n) is 15.5. The fraction of sp³-hybridized carbons (Fsp3) is 0.350. The van der Waals surface area contributed by atoms with Gasteiger partial charge in [0.1, 0.15) is 11.8 Å². The van der Waals surface area contributed by atoms with Crippen LogP contribution in [-0.2, 0) is 9.59 Å². The van der Waals surface area contributed by atoms with Gasteiger partial charge in [-0.15, -0.1) is 0 Å². The topological polar surface area (TPSA) is 109 Å². The second-order valence-electron chi connectivity index (χ2n) is 6.64. The first-order valence-corrected chi connectivity index (χ1v) is 9.06. The molecule has 2 heterocycles. The third-order valence-electron chi connectivity index (χ3n) is 4.62. The Morgan fingerprint density at radius 3 is 2.79 bits per heavy atom. The first-order valence-electron chi connectivity index (χ1n) is 9.06. The van der Waals surface area contributed by atoms with Crippen molar-refractivity contribution in [2.75, 3.05) is 18.5 Å². The predicted molar refractivity (Wildman–Crippen MR) is 100 cm³/mol. The summed E-state index contributed by atoms with van der Waals surface area (Å²) < 4.78 is 10.3. The first-order chi connectivity index (χ1) is 13.5. The van der Waals surface area contributed by atoms with Crippen molar-refractivity contribution in [1.29, 1.82) is 0 Å². The zero-order chi connectivity index (χ0) is 20.1. The Morgan fingerprint density at radius 1 is 1.29 bits per heavy atom. The van der Waals surface area contributed by atoms with Gasteiger partial charge >= 0.3 is 5.97 Å². The number of furan rings is 1. The molecule has 0 spiro atoms. The molecular formula is C20H22N2O6. The van der Waals surface area contributed by atoms with Crippen molar-refractivity contribution in [2.45, 2.75) is 32.2 Å². The molecule has 1 aliphatic heterocycles. The fourth-order valence-corrected chi connectivity index (χ4v) is 3.22. The van der Waals surface area contributed by atoms with Crippen molar-refractivity contribution in [1.82, 2.24) is 4.90 Å². The van der Waals surface area contributed by atoms with Crippen molar-refractivity contribution < 1.29 is 28.6 Å². The van der Waals surface area contributed by atoms with E-state index in [-0.39, 0.29) is 17.6 Å². The summed E-state index contributed by atoms with van der Waals surface area (Å²) in [7, 11) is 0. The van der Waals surface area contributed by atoms with E-state index < -0.39 is 18.6 Å². The van der Waals surface area contributed by atoms with Gasteiger partial charge in [-0.25, -0.2) is 4.79 Å². The Labute approximate surface area is 162 Å². The quantitative estimate of drug-likeness (QED) is 0.790. The summed E-state index contributed by atoms with van der Waals surface area (Å²) in [5, 5.41) is 11.5. The molecule has 0 aliphatic carbocycles. The molecule has 2 aromatic rings. The average molecular weight is 386 g/mol. The minimum Gasteiger partial charge on any atom is -0.482 e. The smallest absolute Gasteiger partial charge is 0.341 e. The fourth-order valence-electron chi connectivity index (χ4n) is 3.22. The van der Waals surface area contributed by atoms with E-state index >= 15 is 0 Å². The van der Waals surface area contributed by atoms with Gasteiger partial charge < -0.3 is 24.5 Å². The lowest BCUT2D eigenvalue weighted by Crippen LogP contribution is -2.50. The molecule has 1 aromatic heterocycles. The van der Waals surface area contributed by atoms with Crippen LogP contribution < -0.4 is 10.1 Å². The number of aliphatic carboxylic acids is 1. The van der Waals surface area contributed by atoms with Crippen molar-refractivity contribution in [3.63, 3.8) is 0 Å². The lowest BCUT2D eigenvalue weighted by atomic mass is 10.0. The number of amides is 2. The van der Waals surface area contributed by atoms with Gasteiger partial charge in [0, 0.05) is 12.2 Å². The van der Waals surface area contributed by atoms with Crippen LogP contribution in [0.5, 0.6) is 5.75 Å². The van der Waals surface area contributed by atoms with Crippen LogP contribution >= 0.6 is 0 Å². The number of nitrogens with zero attached hydrogens (tertiary/aromatic N) is 1. The molecule has 28 heavy (non-hydrogen) atoms. The summed E-state index contributed by atoms with van der Waals surface area (Å²) in [6, 6.07) is 7.57. The summed E-state index contributed by atoms with van der Waals surface area (Å²) in [6.45, 7) is 1.85. The lowest BCUT2D eigenvalue weighted by Gasteiger charge is -2.34. The largest absolute Gasteiger partial charge is 0.482 e. The van der Waals surface area contributed by atoms with E-state index in [1.54, 1.807) is 42.2 Å². The van der Waals surface area contributed by atoms with Gasteiger partial charge in [-0.1, -0.05) is 0 Å². The Morgan fingerprint density at radius 2 is 2.11 bits per heavy atom. The van der Waals surface area contributed by atoms with Crippen LogP contribution in [0, 0.1) is 6.92 Å². The lowest BCUT2D eigenvalue weighted by molar-refractivity contribution is -0.139. The molecule has 3 rings (SSSR count). The zero-order valence-corrected chi connectivity index (χ0v) is 15.5. The number of rotatable bonds is 6. The maximum absolute atomic E-state index is 12.9. The highest BCUT2D eigenvalue weighted by Gasteiger charge is 2.33. The average Bonchev–Trinajstić information content (AvgIpc) is 3.22. The molecule has 148 valence electrons. The molecule has 0 radical (unpaired) electrons. The van der Waals surface area contributed by atoms with Gasteiger partial charge in [0.2, 0.25) is 5.91 Å². The number of benzene rings is 1. The van der Waals surface area contributed by atoms with Gasteiger partial charge in [0.15, 0.2) is 12.4 Å². The molecule has 8 heteroatoms. The summed E-state index contributed by atoms with van der Waals surface area (Å²) >= 11 is 0. The molecule has 1 aromatic carbocycles. The second kappa shape index (κ2) is 8.60. The standard InChI is InChI=1S/C20H22N2O6/c1-13-11-14(28-12-18(23)24)7-8-15(13)21-19(25)16-5-2-3-9-22(16)20(26)17-6-4-10-27-17/h4,6-8,10-11,16H,2-3,5,9,12H2,1H3,(H,21,25)(H,23,24). The molecule has 1 atom stereocenters. The van der Waals surface area contributed by atoms with E-state index in [0.29, 0.717) is 24.4 Å². The number of likely N-dealkylation sites (tertiary alicyclic amines) is 1. The van der Waals surface area contributed by atoms with Crippen LogP contribution in [0.4, 0.5) is 5.69 Å². The minimum atomic E-state index is -1.06. The van der Waals surface area contributed by atoms with Gasteiger partial charge in [0.05, 0.1) is 6.26 Å². The highest BCUT2D eigenvalue weighted by atomic mass is 16.5. The minimum absolute atomic E-state index is 0.218. The predicted octanol–water partition coefficient (Wildman–Crippen LogP) is 2.68. The Kier molecular flexibility index (Phi) is 5.98. The van der Waals surface area contributed by atoms with Gasteiger partial charge in [-0.2, -0.15) is 0 Å². The number of ether oxygens (including phenoxy) is 1. The summed E-state index contributed by atoms with van der Waals surface area (Å²) in [6.07, 6.45) is 3.71. The molecule has 1 saturated heterocycles. The van der Waals surface area contributed by atoms with Crippen molar-refractivity contribution >= 4 is 23.5 Å². The van der Waals surface area contributed by atoms with Gasteiger partial charge in [-0.05, 0) is 62.1 Å². The van der Waals surface area contributed by atoms with E-state index in [2.05, 4.69) is 5.32 Å². The highest BCUT2D eigenvalue weighted by molar-refractivity contribution is 6.00. The Bertz CT molecular complexity index is 862. The number of hydrogen-bond donors (Lipinski definition) is 2. The summed E-state index contributed by atoms with van der Waals surface area (Å²) in [5.74, 6) is -0.990. The summed E-state index contributed by atoms with van der Waals surface area (Å²) in [4.78, 5) is 37.7. The van der Waals surface area contributed by atoms with Crippen LogP contribution in [0.25, 0.3) is 0 Å². The normalized spacial score (nSPS) is 16.5. The number of piperidine rings is 1. The van der Waals surface area contributed by atoms with Gasteiger partial charge in [0.25, 0.3) is 5.91 Å². The van der Waals surface area contributed by atoms with Crippen LogP contribution in [-0.4, -0.2) is 47.0 Å². The van der Waals surface area contributed by atoms with E-state index in [0.717, 1.165) is 18.4 Å². The number of nitrogens with one attached hydrogen (secondary N) is 1. The molecule has 0 bridgehead atoms. The molecule has 1 fully saturated rings. The molecule has 0 saturated carbocycles. The Hall–Kier alpha value is -3.29. The SMILES string of the molecule is Cc1cc(OCC(=O)O)ccc1NC(=O)C1CCCCN1C(=O)c1ccco1. The van der Waals surface area contributed by atoms with Crippen LogP contribution in [0.1, 0.15) is 35.4 Å². The van der Waals surface area contributed by atoms with E-state index in [1.807, 2.05) is 0 Å². The Balaban J connectivity index is 1.70. The van der Waals surface area contributed by atoms with Crippen molar-refractivity contribution in [3.05, 3.63) is 47.9 Å². The molecular weight excluding hydrogens is 364 g/mol. The van der Waals surface area contributed by atoms with Crippen LogP contribution in [0.3, 0.4) is 0 Å². The number of hydrogen-bond acceptors (Lipinski definition) is 5. The number of carbonyl (C=O) groups excluding carboxylic acids is 2. The monoisotopic (exact) mass is 386 g/mol. The first kappa shape index (κ1) is 19.5. The number of carboxylic acid groups (broad SMARTS) is 1. The van der Waals surface area contributed by atoms with Crippen molar-refractivity contribution in [3.8, 4) is 5.75 Å². The molecule has 2 N–H and O–H groups in total. The maximum Gasteiger partial charge on any atom is 0.341 e. The van der Waals surface area contributed by atoms with Gasteiger partial charge in [-0.3, -0.25) is 9.59 Å². The van der Waals surface area contributed by atoms with Crippen molar-refractivity contribution in [2.24, 2.45) is 0 Å². The molecule has 1 unspecified atom stereocenters. The van der Waals surface area contributed by atoms with Crippen LogP contribution in [0.15, 0.2) is 41.0 Å². The highest BCUT2D eigenvalue weighted by Crippen LogP contribution is 2.25. The third kappa shape index (κ3) is 4.51. The van der Waals surface area contributed by atoms with Crippen LogP contribution in [0.2, 0.25) is 0 Å².